The van der Waals surface area contributed by atoms with E-state index in [1.165, 1.54) is 135 Å². The van der Waals surface area contributed by atoms with Crippen molar-refractivity contribution < 1.29 is 64.6 Å². The van der Waals surface area contributed by atoms with Gasteiger partial charge in [0.2, 0.25) is 5.91 Å². The van der Waals surface area contributed by atoms with Gasteiger partial charge in [0.05, 0.1) is 32.0 Å². The van der Waals surface area contributed by atoms with Crippen LogP contribution < -0.4 is 5.32 Å². The molecule has 450 valence electrons. The van der Waals surface area contributed by atoms with E-state index in [0.29, 0.717) is 12.8 Å². The Morgan fingerprint density at radius 2 is 0.896 bits per heavy atom. The molecular weight excluding hydrogens is 979 g/mol. The molecule has 0 aromatic rings. The number of hydrogen-bond acceptors (Lipinski definition) is 13. The molecule has 0 aromatic heterocycles. The summed E-state index contributed by atoms with van der Waals surface area (Å²) in [6, 6.07) is -0.823. The number of allylic oxidation sites excluding steroid dienone is 8. The van der Waals surface area contributed by atoms with E-state index in [-0.39, 0.29) is 12.5 Å². The molecule has 14 nitrogen and oxygen atoms in total. The molecule has 12 atom stereocenters. The maximum absolute atomic E-state index is 13.2. The van der Waals surface area contributed by atoms with Crippen molar-refractivity contribution in [3.05, 3.63) is 48.6 Å². The van der Waals surface area contributed by atoms with E-state index in [9.17, 15) is 45.6 Å². The van der Waals surface area contributed by atoms with Gasteiger partial charge in [-0.15, -0.1) is 0 Å². The number of aliphatic hydroxyl groups excluding tert-OH is 8. The lowest BCUT2D eigenvalue weighted by Crippen LogP contribution is -2.65. The van der Waals surface area contributed by atoms with Crippen molar-refractivity contribution in [2.24, 2.45) is 0 Å². The van der Waals surface area contributed by atoms with Gasteiger partial charge in [-0.1, -0.05) is 242 Å². The molecular formula is C63H115NO13. The van der Waals surface area contributed by atoms with E-state index in [1.54, 1.807) is 0 Å². The van der Waals surface area contributed by atoms with Crippen LogP contribution in [0.25, 0.3) is 0 Å². The Bertz CT molecular complexity index is 1480. The zero-order valence-electron chi connectivity index (χ0n) is 48.5. The van der Waals surface area contributed by atoms with Crippen molar-refractivity contribution in [3.8, 4) is 0 Å². The van der Waals surface area contributed by atoms with Crippen molar-refractivity contribution in [3.63, 3.8) is 0 Å². The first-order valence-corrected chi connectivity index (χ1v) is 31.4. The van der Waals surface area contributed by atoms with Crippen molar-refractivity contribution in [2.45, 2.75) is 325 Å². The molecule has 9 N–H and O–H groups in total. The third-order valence-corrected chi connectivity index (χ3v) is 15.3. The third kappa shape index (κ3) is 34.1. The summed E-state index contributed by atoms with van der Waals surface area (Å²) in [7, 11) is 0. The second-order valence-corrected chi connectivity index (χ2v) is 22.2. The van der Waals surface area contributed by atoms with E-state index < -0.39 is 86.8 Å². The van der Waals surface area contributed by atoms with Gasteiger partial charge < -0.3 is 65.1 Å². The minimum absolute atomic E-state index is 0.209. The lowest BCUT2D eigenvalue weighted by Gasteiger charge is -2.46. The molecule has 2 aliphatic rings. The fraction of sp³-hybridized carbons (Fsp3) is 0.857. The minimum atomic E-state index is -1.78. The first-order chi connectivity index (χ1) is 37.6. The first kappa shape index (κ1) is 71.1. The zero-order valence-corrected chi connectivity index (χ0v) is 48.5. The highest BCUT2D eigenvalue weighted by atomic mass is 16.7. The van der Waals surface area contributed by atoms with Gasteiger partial charge in [-0.2, -0.15) is 0 Å². The number of nitrogens with one attached hydrogen (secondary N) is 1. The predicted octanol–water partition coefficient (Wildman–Crippen LogP) is 11.2. The van der Waals surface area contributed by atoms with Crippen molar-refractivity contribution >= 4 is 5.91 Å². The van der Waals surface area contributed by atoms with Gasteiger partial charge in [0, 0.05) is 6.42 Å². The lowest BCUT2D eigenvalue weighted by atomic mass is 9.97. The number of carbonyl (C=O) groups excluding carboxylic acids is 1. The number of unbranched alkanes of at least 4 members (excludes halogenated alkanes) is 29. The van der Waals surface area contributed by atoms with Gasteiger partial charge in [0.1, 0.15) is 48.8 Å². The molecule has 0 saturated carbocycles. The number of aliphatic hydroxyl groups is 8. The highest BCUT2D eigenvalue weighted by Gasteiger charge is 2.51. The SMILES string of the molecule is CC/C=C\C/C=C\C/C=C\C/C=C\CCCCCCCCCCCCCCCCCCCCCCCCCCC(=O)NC(COC1OC(CO)C(OC2OC(CO)C(O)C(O)C2O)C(O)C1O)C(O)CCCCCCCC. The Balaban J connectivity index is 1.49. The topological polar surface area (TPSA) is 228 Å². The van der Waals surface area contributed by atoms with E-state index in [4.69, 9.17) is 18.9 Å². The molecule has 0 aliphatic carbocycles. The monoisotopic (exact) mass is 1090 g/mol. The summed E-state index contributed by atoms with van der Waals surface area (Å²) in [6.07, 6.45) is 44.9. The molecule has 0 bridgehead atoms. The molecule has 2 rings (SSSR count). The lowest BCUT2D eigenvalue weighted by molar-refractivity contribution is -0.359. The first-order valence-electron chi connectivity index (χ1n) is 31.4. The smallest absolute Gasteiger partial charge is 0.220 e. The van der Waals surface area contributed by atoms with Gasteiger partial charge in [-0.25, -0.2) is 0 Å². The van der Waals surface area contributed by atoms with Crippen LogP contribution in [0.1, 0.15) is 251 Å². The summed E-state index contributed by atoms with van der Waals surface area (Å²) in [4.78, 5) is 13.2. The fourth-order valence-electron chi connectivity index (χ4n) is 10.3. The number of hydrogen-bond donors (Lipinski definition) is 9. The van der Waals surface area contributed by atoms with Gasteiger partial charge in [-0.05, 0) is 51.4 Å². The highest BCUT2D eigenvalue weighted by Crippen LogP contribution is 2.30. The Kier molecular flexibility index (Phi) is 44.9. The number of carbonyl (C=O) groups is 1. The summed E-state index contributed by atoms with van der Waals surface area (Å²) in [5.41, 5.74) is 0. The molecule has 1 amide bonds. The maximum Gasteiger partial charge on any atom is 0.220 e. The number of rotatable bonds is 50. The van der Waals surface area contributed by atoms with Crippen LogP contribution in [-0.4, -0.2) is 140 Å². The molecule has 0 radical (unpaired) electrons. The molecule has 0 aromatic carbocycles. The van der Waals surface area contributed by atoms with E-state index >= 15 is 0 Å². The molecule has 2 saturated heterocycles. The van der Waals surface area contributed by atoms with Crippen molar-refractivity contribution in [1.29, 1.82) is 0 Å². The predicted molar refractivity (Wildman–Crippen MR) is 309 cm³/mol. The summed E-state index contributed by atoms with van der Waals surface area (Å²) < 4.78 is 22.7. The van der Waals surface area contributed by atoms with Crippen molar-refractivity contribution in [1.82, 2.24) is 5.32 Å². The number of ether oxygens (including phenoxy) is 4. The fourth-order valence-corrected chi connectivity index (χ4v) is 10.3. The van der Waals surface area contributed by atoms with Gasteiger partial charge in [0.15, 0.2) is 12.6 Å². The summed E-state index contributed by atoms with van der Waals surface area (Å²) in [5.74, 6) is -0.209. The second-order valence-electron chi connectivity index (χ2n) is 22.2. The van der Waals surface area contributed by atoms with Crippen LogP contribution in [0.15, 0.2) is 48.6 Å². The third-order valence-electron chi connectivity index (χ3n) is 15.3. The normalized spacial score (nSPS) is 25.0. The summed E-state index contributed by atoms with van der Waals surface area (Å²) in [5, 5.41) is 86.7. The highest BCUT2D eigenvalue weighted by molar-refractivity contribution is 5.76. The quantitative estimate of drug-likeness (QED) is 0.0204. The zero-order chi connectivity index (χ0) is 56.0. The Morgan fingerprint density at radius 3 is 1.38 bits per heavy atom. The van der Waals surface area contributed by atoms with Crippen LogP contribution in [0, 0.1) is 0 Å². The average molecular weight is 1090 g/mol. The van der Waals surface area contributed by atoms with Crippen LogP contribution >= 0.6 is 0 Å². The molecule has 0 spiro atoms. The van der Waals surface area contributed by atoms with Crippen LogP contribution in [-0.2, 0) is 23.7 Å². The Hall–Kier alpha value is -2.05. The molecule has 2 heterocycles. The molecule has 2 aliphatic heterocycles. The van der Waals surface area contributed by atoms with Crippen LogP contribution in [0.2, 0.25) is 0 Å². The maximum atomic E-state index is 13.2. The second kappa shape index (κ2) is 48.6. The largest absolute Gasteiger partial charge is 0.394 e. The van der Waals surface area contributed by atoms with E-state index in [0.717, 1.165) is 89.9 Å². The average Bonchev–Trinajstić information content (AvgIpc) is 3.43. The van der Waals surface area contributed by atoms with Gasteiger partial charge in [0.25, 0.3) is 0 Å². The summed E-state index contributed by atoms with van der Waals surface area (Å²) >= 11 is 0. The number of amides is 1. The molecule has 14 heteroatoms. The van der Waals surface area contributed by atoms with Crippen LogP contribution in [0.4, 0.5) is 0 Å². The van der Waals surface area contributed by atoms with E-state index in [2.05, 4.69) is 67.8 Å². The Labute approximate surface area is 467 Å². The minimum Gasteiger partial charge on any atom is -0.394 e. The molecule has 2 fully saturated rings. The van der Waals surface area contributed by atoms with Crippen molar-refractivity contribution in [2.75, 3.05) is 19.8 Å². The van der Waals surface area contributed by atoms with Gasteiger partial charge in [-0.3, -0.25) is 4.79 Å². The van der Waals surface area contributed by atoms with Gasteiger partial charge >= 0.3 is 0 Å². The van der Waals surface area contributed by atoms with E-state index in [1.807, 2.05) is 0 Å². The van der Waals surface area contributed by atoms with Crippen LogP contribution in [0.5, 0.6) is 0 Å². The van der Waals surface area contributed by atoms with Crippen LogP contribution in [0.3, 0.4) is 0 Å². The Morgan fingerprint density at radius 1 is 0.481 bits per heavy atom. The standard InChI is InChI=1S/C63H115NO13/c1-3-5-7-9-11-12-13-14-15-16-17-18-19-20-21-22-23-24-25-26-27-28-29-30-31-32-33-34-35-36-37-38-39-40-41-43-45-47-55(68)64-51(52(67)46-44-42-10-8-6-4-2)50-74-62-60(73)58(71)61(54(49-66)76-62)77-63-59(72)57(70)56(69)53(48-65)75-63/h5,7,11-12,14-15,17-18,51-54,56-63,65-67,69-73H,3-4,6,8-10,13,16,19-50H2,1-2H3,(H,64,68)/b7-5-,12-11-,15-14-,18-17-. The molecule has 12 unspecified atom stereocenters. The summed E-state index contributed by atoms with van der Waals surface area (Å²) in [6.45, 7) is 2.68. The molecule has 77 heavy (non-hydrogen) atoms.